The molecule has 0 heterocycles. The third kappa shape index (κ3) is 6.71. The molecule has 2 aliphatic carbocycles. The van der Waals surface area contributed by atoms with Crippen LogP contribution in [0.25, 0.3) is 0 Å². The van der Waals surface area contributed by atoms with Crippen molar-refractivity contribution in [3.05, 3.63) is 34.9 Å². The molecule has 0 saturated heterocycles. The van der Waals surface area contributed by atoms with Gasteiger partial charge in [-0.05, 0) is 87.8 Å². The Morgan fingerprint density at radius 1 is 1.19 bits per heavy atom. The number of aryl methyl sites for hydroxylation is 1. The molecule has 0 unspecified atom stereocenters. The molecule has 1 aromatic carbocycles. The van der Waals surface area contributed by atoms with Crippen molar-refractivity contribution in [2.45, 2.75) is 115 Å². The fourth-order valence-corrected chi connectivity index (χ4v) is 5.44. The average molecular weight is 430 g/mol. The Morgan fingerprint density at radius 2 is 2.00 bits per heavy atom. The van der Waals surface area contributed by atoms with E-state index in [2.05, 4.69) is 30.4 Å². The van der Waals surface area contributed by atoms with Crippen molar-refractivity contribution in [1.29, 1.82) is 0 Å². The number of alkyl carbamates (subject to hydrolysis) is 1. The second-order valence-corrected chi connectivity index (χ2v) is 11.0. The van der Waals surface area contributed by atoms with Gasteiger partial charge in [0.25, 0.3) is 0 Å². The van der Waals surface area contributed by atoms with Crippen molar-refractivity contribution in [1.82, 2.24) is 5.32 Å². The van der Waals surface area contributed by atoms with E-state index in [1.54, 1.807) is 0 Å². The maximum Gasteiger partial charge on any atom is 0.408 e. The summed E-state index contributed by atoms with van der Waals surface area (Å²) in [5.41, 5.74) is 3.30. The van der Waals surface area contributed by atoms with E-state index in [1.165, 1.54) is 68.1 Å². The van der Waals surface area contributed by atoms with Crippen molar-refractivity contribution in [2.24, 2.45) is 5.92 Å². The zero-order valence-corrected chi connectivity index (χ0v) is 20.1. The van der Waals surface area contributed by atoms with Crippen LogP contribution in [0, 0.1) is 5.92 Å². The second kappa shape index (κ2) is 10.4. The van der Waals surface area contributed by atoms with Gasteiger partial charge >= 0.3 is 6.09 Å². The molecular weight excluding hydrogens is 386 g/mol. The first-order valence-electron chi connectivity index (χ1n) is 12.5. The van der Waals surface area contributed by atoms with Crippen LogP contribution in [0.4, 0.5) is 4.79 Å². The summed E-state index contributed by atoms with van der Waals surface area (Å²) in [5, 5.41) is 13.1. The van der Waals surface area contributed by atoms with Crippen molar-refractivity contribution < 1.29 is 14.6 Å². The smallest absolute Gasteiger partial charge is 0.408 e. The zero-order chi connectivity index (χ0) is 22.5. The summed E-state index contributed by atoms with van der Waals surface area (Å²) in [6.07, 6.45) is 12.6. The van der Waals surface area contributed by atoms with Gasteiger partial charge in [-0.2, -0.15) is 0 Å². The van der Waals surface area contributed by atoms with Gasteiger partial charge in [-0.25, -0.2) is 4.79 Å². The van der Waals surface area contributed by atoms with Crippen molar-refractivity contribution in [2.75, 3.05) is 6.61 Å². The molecule has 3 atom stereocenters. The number of carbonyl (C=O) groups excluding carboxylic acids is 1. The number of aliphatic hydroxyl groups excluding tert-OH is 1. The fraction of sp³-hybridized carbons (Fsp3) is 0.741. The molecule has 1 aromatic rings. The van der Waals surface area contributed by atoms with Crippen LogP contribution in [0.15, 0.2) is 18.2 Å². The maximum atomic E-state index is 12.3. The molecule has 2 N–H and O–H groups in total. The highest BCUT2D eigenvalue weighted by molar-refractivity contribution is 5.69. The zero-order valence-electron chi connectivity index (χ0n) is 20.1. The van der Waals surface area contributed by atoms with Crippen LogP contribution in [-0.2, 0) is 17.6 Å². The first-order chi connectivity index (χ1) is 14.7. The Kier molecular flexibility index (Phi) is 8.07. The van der Waals surface area contributed by atoms with Crippen LogP contribution in [-0.4, -0.2) is 28.9 Å². The van der Waals surface area contributed by atoms with Crippen LogP contribution >= 0.6 is 0 Å². The molecule has 0 bridgehead atoms. The van der Waals surface area contributed by atoms with Crippen LogP contribution in [0.1, 0.15) is 108 Å². The monoisotopic (exact) mass is 429 g/mol. The van der Waals surface area contributed by atoms with Gasteiger partial charge in [0, 0.05) is 0 Å². The number of carbonyl (C=O) groups is 1. The summed E-state index contributed by atoms with van der Waals surface area (Å²) < 4.78 is 5.43. The van der Waals surface area contributed by atoms with Crippen LogP contribution in [0.2, 0.25) is 0 Å². The van der Waals surface area contributed by atoms with Gasteiger partial charge < -0.3 is 15.2 Å². The number of rotatable bonds is 8. The lowest BCUT2D eigenvalue weighted by Crippen LogP contribution is -2.51. The summed E-state index contributed by atoms with van der Waals surface area (Å²) in [5.74, 6) is 1.22. The van der Waals surface area contributed by atoms with Crippen LogP contribution in [0.5, 0.6) is 0 Å². The lowest BCUT2D eigenvalue weighted by Gasteiger charge is -2.30. The van der Waals surface area contributed by atoms with Gasteiger partial charge in [-0.1, -0.05) is 57.2 Å². The van der Waals surface area contributed by atoms with Gasteiger partial charge in [0.1, 0.15) is 5.60 Å². The van der Waals surface area contributed by atoms with E-state index in [1.807, 2.05) is 20.8 Å². The number of ether oxygens (including phenoxy) is 1. The van der Waals surface area contributed by atoms with Crippen molar-refractivity contribution >= 4 is 6.09 Å². The first kappa shape index (κ1) is 24.1. The molecule has 174 valence electrons. The summed E-state index contributed by atoms with van der Waals surface area (Å²) in [6, 6.07) is 7.06. The molecule has 31 heavy (non-hydrogen) atoms. The van der Waals surface area contributed by atoms with Crippen LogP contribution in [0.3, 0.4) is 0 Å². The summed E-state index contributed by atoms with van der Waals surface area (Å²) in [4.78, 5) is 12.3. The summed E-state index contributed by atoms with van der Waals surface area (Å²) in [6.45, 7) is 7.81. The van der Waals surface area contributed by atoms with Gasteiger partial charge in [0.2, 0.25) is 0 Å². The number of aliphatic hydroxyl groups is 1. The van der Waals surface area contributed by atoms with Gasteiger partial charge in [0.05, 0.1) is 12.1 Å². The molecule has 1 saturated carbocycles. The molecule has 4 heteroatoms. The minimum atomic E-state index is -0.577. The molecule has 0 aromatic heterocycles. The predicted octanol–water partition coefficient (Wildman–Crippen LogP) is 6.29. The van der Waals surface area contributed by atoms with Gasteiger partial charge in [-0.15, -0.1) is 0 Å². The van der Waals surface area contributed by atoms with E-state index in [0.29, 0.717) is 5.92 Å². The quantitative estimate of drug-likeness (QED) is 0.478. The number of hydrogen-bond donors (Lipinski definition) is 2. The molecule has 1 fully saturated rings. The molecule has 3 rings (SSSR count). The molecule has 2 aliphatic rings. The maximum absolute atomic E-state index is 12.3. The highest BCUT2D eigenvalue weighted by atomic mass is 16.6. The van der Waals surface area contributed by atoms with Gasteiger partial charge in [0.15, 0.2) is 0 Å². The molecule has 0 radical (unpaired) electrons. The SMILES string of the molecule is CCCCCC[C@@H]1CCc2cc([C@H]3CC[C@@](CO)(NC(=O)OC(C)(C)C)C3)ccc2C1. The minimum absolute atomic E-state index is 0.0482. The number of unbranched alkanes of at least 4 members (excludes halogenated alkanes) is 3. The number of fused-ring (bicyclic) bond motifs is 1. The van der Waals surface area contributed by atoms with Crippen molar-refractivity contribution in [3.8, 4) is 0 Å². The minimum Gasteiger partial charge on any atom is -0.444 e. The predicted molar refractivity (Wildman–Crippen MR) is 126 cm³/mol. The molecule has 0 spiro atoms. The summed E-state index contributed by atoms with van der Waals surface area (Å²) >= 11 is 0. The van der Waals surface area contributed by atoms with E-state index >= 15 is 0 Å². The van der Waals surface area contributed by atoms with Crippen LogP contribution < -0.4 is 5.32 Å². The second-order valence-electron chi connectivity index (χ2n) is 11.0. The third-order valence-corrected chi connectivity index (χ3v) is 7.18. The Labute approximate surface area is 189 Å². The number of hydrogen-bond acceptors (Lipinski definition) is 3. The number of nitrogens with one attached hydrogen (secondary N) is 1. The largest absolute Gasteiger partial charge is 0.444 e. The number of benzene rings is 1. The average Bonchev–Trinajstić information content (AvgIpc) is 3.13. The lowest BCUT2D eigenvalue weighted by atomic mass is 9.79. The highest BCUT2D eigenvalue weighted by Gasteiger charge is 2.41. The van der Waals surface area contributed by atoms with Crippen molar-refractivity contribution in [3.63, 3.8) is 0 Å². The van der Waals surface area contributed by atoms with E-state index in [-0.39, 0.29) is 6.61 Å². The van der Waals surface area contributed by atoms with Gasteiger partial charge in [-0.3, -0.25) is 0 Å². The van der Waals surface area contributed by atoms with E-state index in [9.17, 15) is 9.90 Å². The molecule has 1 amide bonds. The Bertz CT molecular complexity index is 738. The lowest BCUT2D eigenvalue weighted by molar-refractivity contribution is 0.0401. The topological polar surface area (TPSA) is 58.6 Å². The van der Waals surface area contributed by atoms with E-state index in [4.69, 9.17) is 4.74 Å². The molecule has 4 nitrogen and oxygen atoms in total. The normalized spacial score (nSPS) is 25.8. The Morgan fingerprint density at radius 3 is 2.71 bits per heavy atom. The molecular formula is C27H43NO3. The standard InChI is InChI=1S/C27H43NO3/c1-5-6-7-8-9-20-10-11-22-17-23(13-12-21(22)16-20)24-14-15-27(18-24,19-29)28-25(30)31-26(2,3)4/h12-13,17,20,24,29H,5-11,14-16,18-19H2,1-4H3,(H,28,30)/t20-,24+,27-/m1/s1. The van der Waals surface area contributed by atoms with E-state index in [0.717, 1.165) is 25.2 Å². The molecule has 0 aliphatic heterocycles. The summed E-state index contributed by atoms with van der Waals surface area (Å²) in [7, 11) is 0. The highest BCUT2D eigenvalue weighted by Crippen LogP contribution is 2.42. The Hall–Kier alpha value is -1.55. The van der Waals surface area contributed by atoms with E-state index < -0.39 is 17.2 Å². The fourth-order valence-electron chi connectivity index (χ4n) is 5.44. The Balaban J connectivity index is 1.59. The third-order valence-electron chi connectivity index (χ3n) is 7.18. The first-order valence-corrected chi connectivity index (χ1v) is 12.5. The number of amides is 1.